The van der Waals surface area contributed by atoms with Gasteiger partial charge in [0.05, 0.1) is 6.04 Å². The highest BCUT2D eigenvalue weighted by Gasteiger charge is 2.29. The first kappa shape index (κ1) is 16.8. The van der Waals surface area contributed by atoms with Crippen molar-refractivity contribution in [3.8, 4) is 5.75 Å². The van der Waals surface area contributed by atoms with E-state index in [0.717, 1.165) is 30.9 Å². The number of rotatable bonds is 5. The van der Waals surface area contributed by atoms with Crippen LogP contribution in [0.4, 0.5) is 0 Å². The van der Waals surface area contributed by atoms with Gasteiger partial charge in [-0.2, -0.15) is 4.98 Å². The zero-order chi connectivity index (χ0) is 17.8. The highest BCUT2D eigenvalue weighted by molar-refractivity contribution is 5.27. The molecule has 2 unspecified atom stereocenters. The number of aromatic nitrogens is 2. The second kappa shape index (κ2) is 7.68. The smallest absolute Gasteiger partial charge is 0.272 e. The van der Waals surface area contributed by atoms with Crippen molar-refractivity contribution in [1.82, 2.24) is 20.4 Å². The number of hydrogen-bond acceptors (Lipinski definition) is 6. The predicted octanol–water partition coefficient (Wildman–Crippen LogP) is 2.81. The lowest BCUT2D eigenvalue weighted by atomic mass is 10.1. The van der Waals surface area contributed by atoms with E-state index in [9.17, 15) is 0 Å². The van der Waals surface area contributed by atoms with Gasteiger partial charge in [-0.3, -0.25) is 4.90 Å². The van der Waals surface area contributed by atoms with E-state index < -0.39 is 6.10 Å². The van der Waals surface area contributed by atoms with E-state index in [-0.39, 0.29) is 6.04 Å². The minimum Gasteiger partial charge on any atom is -0.476 e. The highest BCUT2D eigenvalue weighted by Crippen LogP contribution is 2.28. The van der Waals surface area contributed by atoms with Crippen LogP contribution >= 0.6 is 0 Å². The van der Waals surface area contributed by atoms with E-state index in [1.165, 1.54) is 0 Å². The van der Waals surface area contributed by atoms with Crippen LogP contribution in [0.15, 0.2) is 65.2 Å². The van der Waals surface area contributed by atoms with Crippen molar-refractivity contribution in [2.75, 3.05) is 26.7 Å². The van der Waals surface area contributed by atoms with Crippen LogP contribution in [0.3, 0.4) is 0 Å². The first-order valence-electron chi connectivity index (χ1n) is 8.82. The van der Waals surface area contributed by atoms with Crippen molar-refractivity contribution >= 4 is 0 Å². The minimum atomic E-state index is -0.443. The Kier molecular flexibility index (Phi) is 4.95. The molecule has 1 aromatic heterocycles. The lowest BCUT2D eigenvalue weighted by Gasteiger charge is -2.30. The van der Waals surface area contributed by atoms with Gasteiger partial charge in [-0.15, -0.1) is 0 Å². The number of nitrogens with one attached hydrogen (secondary N) is 1. The molecule has 2 heterocycles. The van der Waals surface area contributed by atoms with Crippen LogP contribution in [0.5, 0.6) is 5.75 Å². The van der Waals surface area contributed by atoms with Crippen molar-refractivity contribution in [1.29, 1.82) is 0 Å². The number of benzene rings is 2. The van der Waals surface area contributed by atoms with Gasteiger partial charge in [0, 0.05) is 25.2 Å². The van der Waals surface area contributed by atoms with Crippen LogP contribution in [0.2, 0.25) is 0 Å². The van der Waals surface area contributed by atoms with E-state index in [2.05, 4.69) is 27.4 Å². The van der Waals surface area contributed by atoms with Crippen LogP contribution < -0.4 is 10.1 Å². The molecular weight excluding hydrogens is 328 g/mol. The van der Waals surface area contributed by atoms with E-state index in [1.807, 2.05) is 60.7 Å². The maximum absolute atomic E-state index is 6.19. The fourth-order valence-corrected chi connectivity index (χ4v) is 3.11. The third-order valence-electron chi connectivity index (χ3n) is 4.59. The maximum Gasteiger partial charge on any atom is 0.272 e. The van der Waals surface area contributed by atoms with Gasteiger partial charge in [0.25, 0.3) is 5.89 Å². The summed E-state index contributed by atoms with van der Waals surface area (Å²) in [7, 11) is 2.08. The Bertz CT molecular complexity index is 822. The summed E-state index contributed by atoms with van der Waals surface area (Å²) in [6, 6.07) is 19.7. The molecule has 1 fully saturated rings. The summed E-state index contributed by atoms with van der Waals surface area (Å²) in [5.41, 5.74) is 0.974. The second-order valence-corrected chi connectivity index (χ2v) is 6.41. The average molecular weight is 350 g/mol. The summed E-state index contributed by atoms with van der Waals surface area (Å²) in [5.74, 6) is 1.92. The minimum absolute atomic E-state index is 0.106. The largest absolute Gasteiger partial charge is 0.476 e. The molecule has 0 aliphatic carbocycles. The molecule has 1 aliphatic rings. The standard InChI is InChI=1S/C20H22N4O2/c1-24-13-12-21-14-17(24)19-22-20(26-23-19)18(15-8-4-2-5-9-15)25-16-10-6-3-7-11-16/h2-11,17-18,21H,12-14H2,1H3. The monoisotopic (exact) mass is 350 g/mol. The summed E-state index contributed by atoms with van der Waals surface area (Å²) in [6.45, 7) is 2.74. The zero-order valence-electron chi connectivity index (χ0n) is 14.7. The molecule has 0 amide bonds. The summed E-state index contributed by atoms with van der Waals surface area (Å²) >= 11 is 0. The third-order valence-corrected chi connectivity index (χ3v) is 4.59. The molecule has 0 saturated carbocycles. The third kappa shape index (κ3) is 3.61. The van der Waals surface area contributed by atoms with Gasteiger partial charge in [0.1, 0.15) is 5.75 Å². The van der Waals surface area contributed by atoms with E-state index in [0.29, 0.717) is 11.7 Å². The summed E-state index contributed by atoms with van der Waals surface area (Å²) in [6.07, 6.45) is -0.443. The summed E-state index contributed by atoms with van der Waals surface area (Å²) in [5, 5.41) is 7.61. The molecule has 0 spiro atoms. The second-order valence-electron chi connectivity index (χ2n) is 6.41. The Morgan fingerprint density at radius 1 is 1.12 bits per heavy atom. The van der Waals surface area contributed by atoms with Gasteiger partial charge in [0.15, 0.2) is 5.82 Å². The first-order chi connectivity index (χ1) is 12.8. The molecule has 134 valence electrons. The molecule has 0 radical (unpaired) electrons. The van der Waals surface area contributed by atoms with Crippen LogP contribution in [0, 0.1) is 0 Å². The molecule has 1 aliphatic heterocycles. The van der Waals surface area contributed by atoms with Crippen LogP contribution in [-0.2, 0) is 0 Å². The molecule has 4 rings (SSSR count). The van der Waals surface area contributed by atoms with Crippen molar-refractivity contribution in [3.63, 3.8) is 0 Å². The van der Waals surface area contributed by atoms with Gasteiger partial charge in [-0.1, -0.05) is 53.7 Å². The van der Waals surface area contributed by atoms with E-state index in [1.54, 1.807) is 0 Å². The summed E-state index contributed by atoms with van der Waals surface area (Å²) in [4.78, 5) is 6.91. The van der Waals surface area contributed by atoms with Crippen LogP contribution in [-0.4, -0.2) is 41.7 Å². The van der Waals surface area contributed by atoms with Crippen molar-refractivity contribution < 1.29 is 9.26 Å². The van der Waals surface area contributed by atoms with Crippen molar-refractivity contribution in [2.45, 2.75) is 12.1 Å². The first-order valence-corrected chi connectivity index (χ1v) is 8.82. The molecule has 1 N–H and O–H groups in total. The SMILES string of the molecule is CN1CCNCC1c1noc(C(Oc2ccccc2)c2ccccc2)n1. The molecule has 6 nitrogen and oxygen atoms in total. The number of nitrogens with zero attached hydrogens (tertiary/aromatic N) is 3. The fraction of sp³-hybridized carbons (Fsp3) is 0.300. The lowest BCUT2D eigenvalue weighted by molar-refractivity contribution is 0.185. The Morgan fingerprint density at radius 3 is 2.58 bits per heavy atom. The van der Waals surface area contributed by atoms with Gasteiger partial charge in [0.2, 0.25) is 6.10 Å². The topological polar surface area (TPSA) is 63.4 Å². The molecule has 6 heteroatoms. The summed E-state index contributed by atoms with van der Waals surface area (Å²) < 4.78 is 11.8. The van der Waals surface area contributed by atoms with Gasteiger partial charge in [-0.05, 0) is 19.2 Å². The average Bonchev–Trinajstić information content (AvgIpc) is 3.17. The van der Waals surface area contributed by atoms with E-state index >= 15 is 0 Å². The Morgan fingerprint density at radius 2 is 1.85 bits per heavy atom. The van der Waals surface area contributed by atoms with Gasteiger partial charge < -0.3 is 14.6 Å². The zero-order valence-corrected chi connectivity index (χ0v) is 14.7. The number of piperazine rings is 1. The van der Waals surface area contributed by atoms with Crippen molar-refractivity contribution in [3.05, 3.63) is 77.9 Å². The Labute approximate surface area is 152 Å². The molecule has 3 aromatic rings. The van der Waals surface area contributed by atoms with Gasteiger partial charge in [-0.25, -0.2) is 0 Å². The quantitative estimate of drug-likeness (QED) is 0.763. The van der Waals surface area contributed by atoms with Crippen LogP contribution in [0.25, 0.3) is 0 Å². The molecule has 1 saturated heterocycles. The fourth-order valence-electron chi connectivity index (χ4n) is 3.11. The molecule has 2 aromatic carbocycles. The van der Waals surface area contributed by atoms with Crippen molar-refractivity contribution in [2.24, 2.45) is 0 Å². The number of ether oxygens (including phenoxy) is 1. The van der Waals surface area contributed by atoms with Crippen LogP contribution in [0.1, 0.15) is 29.4 Å². The normalized spacial score (nSPS) is 19.2. The Balaban J connectivity index is 1.64. The molecule has 26 heavy (non-hydrogen) atoms. The van der Waals surface area contributed by atoms with E-state index in [4.69, 9.17) is 9.26 Å². The highest BCUT2D eigenvalue weighted by atomic mass is 16.5. The van der Waals surface area contributed by atoms with Gasteiger partial charge >= 0.3 is 0 Å². The predicted molar refractivity (Wildman–Crippen MR) is 97.9 cm³/mol. The molecule has 2 atom stereocenters. The number of hydrogen-bond donors (Lipinski definition) is 1. The molecule has 0 bridgehead atoms. The maximum atomic E-state index is 6.19. The number of likely N-dealkylation sites (N-methyl/N-ethyl adjacent to an activating group) is 1. The Hall–Kier alpha value is -2.70. The molecular formula is C20H22N4O2. The number of para-hydroxylation sites is 1. The lowest BCUT2D eigenvalue weighted by Crippen LogP contribution is -2.44.